The quantitative estimate of drug-likeness (QED) is 0.641. The van der Waals surface area contributed by atoms with Crippen molar-refractivity contribution in [2.75, 3.05) is 20.8 Å². The molecule has 0 heterocycles. The number of phenols is 1. The summed E-state index contributed by atoms with van der Waals surface area (Å²) >= 11 is 0. The van der Waals surface area contributed by atoms with E-state index in [0.717, 1.165) is 6.42 Å². The van der Waals surface area contributed by atoms with Gasteiger partial charge in [0.05, 0.1) is 20.8 Å². The van der Waals surface area contributed by atoms with Gasteiger partial charge in [0.25, 0.3) is 0 Å². The summed E-state index contributed by atoms with van der Waals surface area (Å²) in [5, 5.41) is 9.97. The predicted octanol–water partition coefficient (Wildman–Crippen LogP) is 2.77. The minimum absolute atomic E-state index is 0.0986. The molecule has 0 aromatic heterocycles. The van der Waals surface area contributed by atoms with Gasteiger partial charge in [0.1, 0.15) is 0 Å². The summed E-state index contributed by atoms with van der Waals surface area (Å²) in [6, 6.07) is 3.31. The SMILES string of the molecule is CCCOC(=O)C(C)=Cc1ccc(OC)c(O)c1OC. The Hall–Kier alpha value is -2.17. The first kappa shape index (κ1) is 15.9. The van der Waals surface area contributed by atoms with Crippen LogP contribution < -0.4 is 9.47 Å². The van der Waals surface area contributed by atoms with E-state index in [1.54, 1.807) is 25.1 Å². The third-order valence-electron chi connectivity index (χ3n) is 2.68. The maximum Gasteiger partial charge on any atom is 0.333 e. The maximum absolute atomic E-state index is 11.7. The van der Waals surface area contributed by atoms with E-state index >= 15 is 0 Å². The second-order valence-electron chi connectivity index (χ2n) is 4.20. The molecule has 20 heavy (non-hydrogen) atoms. The number of benzene rings is 1. The zero-order valence-corrected chi connectivity index (χ0v) is 12.2. The van der Waals surface area contributed by atoms with Gasteiger partial charge in [-0.25, -0.2) is 4.79 Å². The number of ether oxygens (including phenoxy) is 3. The number of esters is 1. The number of carbonyl (C=O) groups excluding carboxylic acids is 1. The minimum atomic E-state index is -0.385. The van der Waals surface area contributed by atoms with Crippen LogP contribution in [-0.2, 0) is 9.53 Å². The minimum Gasteiger partial charge on any atom is -0.502 e. The molecule has 0 fully saturated rings. The van der Waals surface area contributed by atoms with E-state index in [1.807, 2.05) is 6.92 Å². The topological polar surface area (TPSA) is 65.0 Å². The highest BCUT2D eigenvalue weighted by atomic mass is 16.5. The molecule has 1 N–H and O–H groups in total. The molecular formula is C15H20O5. The summed E-state index contributed by atoms with van der Waals surface area (Å²) in [4.78, 5) is 11.7. The molecule has 110 valence electrons. The highest BCUT2D eigenvalue weighted by Gasteiger charge is 2.14. The summed E-state index contributed by atoms with van der Waals surface area (Å²) in [5.74, 6) is 0.0832. The lowest BCUT2D eigenvalue weighted by Crippen LogP contribution is -2.06. The van der Waals surface area contributed by atoms with Crippen molar-refractivity contribution in [2.24, 2.45) is 0 Å². The standard InChI is InChI=1S/C15H20O5/c1-5-8-20-15(17)10(2)9-11-6-7-12(18-3)13(16)14(11)19-4/h6-7,9,16H,5,8H2,1-4H3. The fourth-order valence-electron chi connectivity index (χ4n) is 1.66. The highest BCUT2D eigenvalue weighted by molar-refractivity contribution is 5.93. The fourth-order valence-corrected chi connectivity index (χ4v) is 1.66. The summed E-state index contributed by atoms with van der Waals surface area (Å²) in [5.41, 5.74) is 1.01. The van der Waals surface area contributed by atoms with Crippen molar-refractivity contribution in [3.8, 4) is 17.2 Å². The number of hydrogen-bond acceptors (Lipinski definition) is 5. The highest BCUT2D eigenvalue weighted by Crippen LogP contribution is 2.39. The van der Waals surface area contributed by atoms with Crippen LogP contribution in [0.4, 0.5) is 0 Å². The van der Waals surface area contributed by atoms with Gasteiger partial charge >= 0.3 is 5.97 Å². The molecule has 0 bridgehead atoms. The van der Waals surface area contributed by atoms with E-state index < -0.39 is 0 Å². The number of carbonyl (C=O) groups is 1. The lowest BCUT2D eigenvalue weighted by molar-refractivity contribution is -0.138. The third kappa shape index (κ3) is 3.66. The van der Waals surface area contributed by atoms with E-state index in [2.05, 4.69) is 0 Å². The van der Waals surface area contributed by atoms with Crippen molar-refractivity contribution in [2.45, 2.75) is 20.3 Å². The van der Waals surface area contributed by atoms with Crippen LogP contribution in [0, 0.1) is 0 Å². The van der Waals surface area contributed by atoms with E-state index in [4.69, 9.17) is 14.2 Å². The lowest BCUT2D eigenvalue weighted by atomic mass is 10.1. The average molecular weight is 280 g/mol. The summed E-state index contributed by atoms with van der Waals surface area (Å²) in [7, 11) is 2.90. The van der Waals surface area contributed by atoms with Crippen LogP contribution in [0.3, 0.4) is 0 Å². The Morgan fingerprint density at radius 1 is 1.30 bits per heavy atom. The molecule has 0 saturated heterocycles. The number of aromatic hydroxyl groups is 1. The first-order valence-corrected chi connectivity index (χ1v) is 6.34. The van der Waals surface area contributed by atoms with Gasteiger partial charge in [-0.3, -0.25) is 0 Å². The zero-order chi connectivity index (χ0) is 15.1. The fraction of sp³-hybridized carbons (Fsp3) is 0.400. The van der Waals surface area contributed by atoms with Crippen molar-refractivity contribution in [1.29, 1.82) is 0 Å². The number of hydrogen-bond donors (Lipinski definition) is 1. The molecule has 1 aromatic carbocycles. The van der Waals surface area contributed by atoms with E-state index in [1.165, 1.54) is 14.2 Å². The Bertz CT molecular complexity index is 505. The van der Waals surface area contributed by atoms with E-state index in [-0.39, 0.29) is 17.5 Å². The Morgan fingerprint density at radius 2 is 2.00 bits per heavy atom. The van der Waals surface area contributed by atoms with Crippen molar-refractivity contribution < 1.29 is 24.1 Å². The number of rotatable bonds is 6. The molecule has 0 spiro atoms. The Morgan fingerprint density at radius 3 is 2.55 bits per heavy atom. The van der Waals surface area contributed by atoms with Crippen LogP contribution in [-0.4, -0.2) is 31.9 Å². The van der Waals surface area contributed by atoms with Gasteiger partial charge < -0.3 is 19.3 Å². The van der Waals surface area contributed by atoms with Gasteiger partial charge in [-0.1, -0.05) is 6.92 Å². The third-order valence-corrected chi connectivity index (χ3v) is 2.68. The Balaban J connectivity index is 3.08. The molecule has 0 amide bonds. The van der Waals surface area contributed by atoms with E-state index in [0.29, 0.717) is 23.5 Å². The molecular weight excluding hydrogens is 260 g/mol. The molecule has 0 aliphatic rings. The van der Waals surface area contributed by atoms with Crippen molar-refractivity contribution in [1.82, 2.24) is 0 Å². The summed E-state index contributed by atoms with van der Waals surface area (Å²) < 4.78 is 15.2. The molecule has 5 nitrogen and oxygen atoms in total. The molecule has 0 aliphatic carbocycles. The predicted molar refractivity (Wildman–Crippen MR) is 76.1 cm³/mol. The van der Waals surface area contributed by atoms with Crippen molar-refractivity contribution >= 4 is 12.0 Å². The average Bonchev–Trinajstić information content (AvgIpc) is 2.45. The van der Waals surface area contributed by atoms with Gasteiger partial charge in [0.15, 0.2) is 11.5 Å². The van der Waals surface area contributed by atoms with Crippen LogP contribution >= 0.6 is 0 Å². The Kier molecular flexibility index (Phi) is 5.90. The molecule has 5 heteroatoms. The van der Waals surface area contributed by atoms with Crippen LogP contribution in [0.15, 0.2) is 17.7 Å². The first-order chi connectivity index (χ1) is 9.54. The van der Waals surface area contributed by atoms with Crippen molar-refractivity contribution in [3.05, 3.63) is 23.3 Å². The first-order valence-electron chi connectivity index (χ1n) is 6.34. The van der Waals surface area contributed by atoms with Crippen LogP contribution in [0.25, 0.3) is 6.08 Å². The largest absolute Gasteiger partial charge is 0.502 e. The van der Waals surface area contributed by atoms with Gasteiger partial charge in [0.2, 0.25) is 5.75 Å². The maximum atomic E-state index is 11.7. The molecule has 0 atom stereocenters. The van der Waals surface area contributed by atoms with Gasteiger partial charge in [-0.15, -0.1) is 0 Å². The zero-order valence-electron chi connectivity index (χ0n) is 12.2. The number of methoxy groups -OCH3 is 2. The summed E-state index contributed by atoms with van der Waals surface area (Å²) in [6.07, 6.45) is 2.38. The molecule has 1 aromatic rings. The van der Waals surface area contributed by atoms with Crippen LogP contribution in [0.5, 0.6) is 17.2 Å². The second kappa shape index (κ2) is 7.43. The molecule has 0 saturated carbocycles. The van der Waals surface area contributed by atoms with Crippen LogP contribution in [0.1, 0.15) is 25.8 Å². The normalized spacial score (nSPS) is 11.1. The smallest absolute Gasteiger partial charge is 0.333 e. The molecule has 0 aliphatic heterocycles. The molecule has 0 radical (unpaired) electrons. The molecule has 0 unspecified atom stereocenters. The number of phenolic OH excluding ortho intramolecular Hbond substituents is 1. The summed E-state index contributed by atoms with van der Waals surface area (Å²) in [6.45, 7) is 3.96. The monoisotopic (exact) mass is 280 g/mol. The Labute approximate surface area is 118 Å². The van der Waals surface area contributed by atoms with Crippen LogP contribution in [0.2, 0.25) is 0 Å². The molecule has 1 rings (SSSR count). The van der Waals surface area contributed by atoms with Crippen molar-refractivity contribution in [3.63, 3.8) is 0 Å². The van der Waals surface area contributed by atoms with Gasteiger partial charge in [0, 0.05) is 11.1 Å². The van der Waals surface area contributed by atoms with Gasteiger partial charge in [-0.05, 0) is 31.6 Å². The van der Waals surface area contributed by atoms with Gasteiger partial charge in [-0.2, -0.15) is 0 Å². The second-order valence-corrected chi connectivity index (χ2v) is 4.20. The van der Waals surface area contributed by atoms with E-state index in [9.17, 15) is 9.90 Å². The lowest BCUT2D eigenvalue weighted by Gasteiger charge is -2.11.